The lowest BCUT2D eigenvalue weighted by Gasteiger charge is -2.15. The fourth-order valence-electron chi connectivity index (χ4n) is 2.38. The molecule has 1 atom stereocenters. The number of para-hydroxylation sites is 1. The maximum absolute atomic E-state index is 12.7. The van der Waals surface area contributed by atoms with Gasteiger partial charge in [0, 0.05) is 4.88 Å². The molecule has 1 unspecified atom stereocenters. The highest BCUT2D eigenvalue weighted by Gasteiger charge is 2.21. The lowest BCUT2D eigenvalue weighted by molar-refractivity contribution is 0.0943. The van der Waals surface area contributed by atoms with Gasteiger partial charge in [-0.2, -0.15) is 11.3 Å². The molecule has 0 saturated heterocycles. The average molecular weight is 356 g/mol. The summed E-state index contributed by atoms with van der Waals surface area (Å²) in [7, 11) is 0. The molecule has 0 aliphatic carbocycles. The number of carbonyl (C=O) groups is 1. The van der Waals surface area contributed by atoms with Crippen LogP contribution in [0.1, 0.15) is 26.3 Å². The number of rotatable bonds is 4. The summed E-state index contributed by atoms with van der Waals surface area (Å²) in [6, 6.07) is 13.8. The largest absolute Gasteiger partial charge is 0.338 e. The van der Waals surface area contributed by atoms with Crippen LogP contribution in [-0.4, -0.2) is 10.9 Å². The quantitative estimate of drug-likeness (QED) is 0.563. The third-order valence-electron chi connectivity index (χ3n) is 3.47. The molecule has 3 aromatic heterocycles. The molecule has 6 heteroatoms. The molecule has 3 nitrogen and oxygen atoms in total. The number of aromatic nitrogens is 1. The second kappa shape index (κ2) is 6.23. The highest BCUT2D eigenvalue weighted by molar-refractivity contribution is 7.20. The van der Waals surface area contributed by atoms with E-state index in [9.17, 15) is 4.79 Å². The average Bonchev–Trinajstić information content (AvgIpc) is 3.33. The maximum Gasteiger partial charge on any atom is 0.281 e. The Morgan fingerprint density at radius 3 is 2.74 bits per heavy atom. The van der Waals surface area contributed by atoms with Crippen molar-refractivity contribution < 1.29 is 4.79 Å². The van der Waals surface area contributed by atoms with Crippen molar-refractivity contribution in [3.63, 3.8) is 0 Å². The van der Waals surface area contributed by atoms with Crippen LogP contribution >= 0.6 is 34.0 Å². The number of benzene rings is 1. The number of nitrogens with one attached hydrogen (secondary N) is 1. The van der Waals surface area contributed by atoms with Gasteiger partial charge >= 0.3 is 0 Å². The Balaban J connectivity index is 1.65. The van der Waals surface area contributed by atoms with Crippen molar-refractivity contribution in [1.82, 2.24) is 10.3 Å². The fraction of sp³-hybridized carbons (Fsp3) is 0.0588. The number of hydrogen-bond donors (Lipinski definition) is 1. The number of fused-ring (bicyclic) bond motifs is 1. The second-order valence-corrected chi connectivity index (χ2v) is 7.76. The molecule has 0 aliphatic rings. The highest BCUT2D eigenvalue weighted by Crippen LogP contribution is 2.29. The molecular weight excluding hydrogens is 344 g/mol. The SMILES string of the molecule is O=C(NC(c1ccsc1)c1cccs1)c1nc2ccccc2s1. The zero-order valence-corrected chi connectivity index (χ0v) is 14.4. The summed E-state index contributed by atoms with van der Waals surface area (Å²) in [5.74, 6) is -0.129. The smallest absolute Gasteiger partial charge is 0.281 e. The summed E-state index contributed by atoms with van der Waals surface area (Å²) in [6.45, 7) is 0. The van der Waals surface area contributed by atoms with Crippen molar-refractivity contribution in [2.45, 2.75) is 6.04 Å². The molecule has 1 amide bonds. The number of thiophene rings is 2. The third kappa shape index (κ3) is 2.93. The predicted molar refractivity (Wildman–Crippen MR) is 97.6 cm³/mol. The number of thiazole rings is 1. The molecule has 0 spiro atoms. The third-order valence-corrected chi connectivity index (χ3v) is 6.14. The number of carbonyl (C=O) groups excluding carboxylic acids is 1. The summed E-state index contributed by atoms with van der Waals surface area (Å²) < 4.78 is 1.03. The monoisotopic (exact) mass is 356 g/mol. The summed E-state index contributed by atoms with van der Waals surface area (Å²) in [6.07, 6.45) is 0. The Morgan fingerprint density at radius 2 is 2.00 bits per heavy atom. The van der Waals surface area contributed by atoms with E-state index in [0.29, 0.717) is 5.01 Å². The number of amides is 1. The normalized spacial score (nSPS) is 12.3. The lowest BCUT2D eigenvalue weighted by atomic mass is 10.1. The standard InChI is InChI=1S/C17H12N2OS3/c20-16(17-18-12-4-1-2-5-13(12)23-17)19-15(11-7-9-21-10-11)14-6-3-8-22-14/h1-10,15H,(H,19,20). The molecule has 0 radical (unpaired) electrons. The van der Waals surface area contributed by atoms with Crippen LogP contribution in [-0.2, 0) is 0 Å². The molecule has 4 aromatic rings. The molecule has 0 fully saturated rings. The van der Waals surface area contributed by atoms with E-state index in [0.717, 1.165) is 20.7 Å². The molecule has 3 heterocycles. The molecular formula is C17H12N2OS3. The molecule has 23 heavy (non-hydrogen) atoms. The number of nitrogens with zero attached hydrogens (tertiary/aromatic N) is 1. The summed E-state index contributed by atoms with van der Waals surface area (Å²) in [5, 5.41) is 9.75. The highest BCUT2D eigenvalue weighted by atomic mass is 32.1. The minimum Gasteiger partial charge on any atom is -0.338 e. The van der Waals surface area contributed by atoms with Gasteiger partial charge in [-0.25, -0.2) is 4.98 Å². The first-order chi connectivity index (χ1) is 11.3. The molecule has 0 saturated carbocycles. The summed E-state index contributed by atoms with van der Waals surface area (Å²) in [4.78, 5) is 18.2. The van der Waals surface area contributed by atoms with Crippen molar-refractivity contribution in [1.29, 1.82) is 0 Å². The first-order valence-electron chi connectivity index (χ1n) is 7.03. The summed E-state index contributed by atoms with van der Waals surface area (Å²) in [5.41, 5.74) is 1.97. The Kier molecular flexibility index (Phi) is 3.95. The van der Waals surface area contributed by atoms with Crippen molar-refractivity contribution in [2.75, 3.05) is 0 Å². The Morgan fingerprint density at radius 1 is 1.09 bits per heavy atom. The first-order valence-corrected chi connectivity index (χ1v) is 9.67. The Hall–Kier alpha value is -2.02. The van der Waals surface area contributed by atoms with E-state index < -0.39 is 0 Å². The maximum atomic E-state index is 12.7. The predicted octanol–water partition coefficient (Wildman–Crippen LogP) is 4.94. The van der Waals surface area contributed by atoms with E-state index in [1.165, 1.54) is 11.3 Å². The second-order valence-electron chi connectivity index (χ2n) is 4.97. The van der Waals surface area contributed by atoms with Crippen LogP contribution < -0.4 is 5.32 Å². The van der Waals surface area contributed by atoms with Gasteiger partial charge in [-0.1, -0.05) is 18.2 Å². The molecule has 1 aromatic carbocycles. The van der Waals surface area contributed by atoms with Gasteiger partial charge in [-0.15, -0.1) is 22.7 Å². The van der Waals surface area contributed by atoms with Gasteiger partial charge in [-0.3, -0.25) is 4.79 Å². The Bertz CT molecular complexity index is 859. The molecule has 1 N–H and O–H groups in total. The van der Waals surface area contributed by atoms with Gasteiger partial charge in [0.2, 0.25) is 0 Å². The minimum atomic E-state index is -0.129. The van der Waals surface area contributed by atoms with Crippen LogP contribution in [0.15, 0.2) is 58.6 Å². The van der Waals surface area contributed by atoms with Crippen LogP contribution in [0.4, 0.5) is 0 Å². The fourth-order valence-corrected chi connectivity index (χ4v) is 4.73. The van der Waals surface area contributed by atoms with Crippen molar-refractivity contribution in [2.24, 2.45) is 0 Å². The summed E-state index contributed by atoms with van der Waals surface area (Å²) >= 11 is 4.70. The van der Waals surface area contributed by atoms with Gasteiger partial charge in [0.05, 0.1) is 16.3 Å². The molecule has 0 bridgehead atoms. The zero-order valence-electron chi connectivity index (χ0n) is 11.9. The lowest BCUT2D eigenvalue weighted by Crippen LogP contribution is -2.28. The van der Waals surface area contributed by atoms with Gasteiger partial charge in [0.15, 0.2) is 5.01 Å². The van der Waals surface area contributed by atoms with Crippen molar-refractivity contribution in [3.8, 4) is 0 Å². The van der Waals surface area contributed by atoms with Crippen LogP contribution in [0, 0.1) is 0 Å². The van der Waals surface area contributed by atoms with Gasteiger partial charge in [0.25, 0.3) is 5.91 Å². The van der Waals surface area contributed by atoms with Gasteiger partial charge in [0.1, 0.15) is 0 Å². The van der Waals surface area contributed by atoms with Gasteiger partial charge < -0.3 is 5.32 Å². The van der Waals surface area contributed by atoms with Crippen LogP contribution in [0.5, 0.6) is 0 Å². The van der Waals surface area contributed by atoms with E-state index in [1.807, 2.05) is 53.2 Å². The molecule has 0 aliphatic heterocycles. The topological polar surface area (TPSA) is 42.0 Å². The van der Waals surface area contributed by atoms with Crippen LogP contribution in [0.2, 0.25) is 0 Å². The first kappa shape index (κ1) is 14.6. The van der Waals surface area contributed by atoms with E-state index in [-0.39, 0.29) is 11.9 Å². The molecule has 114 valence electrons. The van der Waals surface area contributed by atoms with Crippen LogP contribution in [0.25, 0.3) is 10.2 Å². The zero-order chi connectivity index (χ0) is 15.6. The Labute approximate surface area is 145 Å². The van der Waals surface area contributed by atoms with E-state index in [1.54, 1.807) is 22.7 Å². The van der Waals surface area contributed by atoms with E-state index >= 15 is 0 Å². The van der Waals surface area contributed by atoms with E-state index in [2.05, 4.69) is 15.7 Å². The van der Waals surface area contributed by atoms with Crippen molar-refractivity contribution in [3.05, 3.63) is 74.1 Å². The molecule has 4 rings (SSSR count). The van der Waals surface area contributed by atoms with Gasteiger partial charge in [-0.05, 0) is 46.0 Å². The van der Waals surface area contributed by atoms with E-state index in [4.69, 9.17) is 0 Å². The minimum absolute atomic E-state index is 0.124. The van der Waals surface area contributed by atoms with Crippen molar-refractivity contribution >= 4 is 50.1 Å². The number of hydrogen-bond acceptors (Lipinski definition) is 5. The van der Waals surface area contributed by atoms with Crippen LogP contribution in [0.3, 0.4) is 0 Å².